The molecule has 1 aromatic carbocycles. The number of benzene rings is 1. The van der Waals surface area contributed by atoms with Crippen LogP contribution < -0.4 is 0 Å². The van der Waals surface area contributed by atoms with Gasteiger partial charge in [0.05, 0.1) is 47.5 Å². The third-order valence-corrected chi connectivity index (χ3v) is 13.8. The summed E-state index contributed by atoms with van der Waals surface area (Å²) in [5, 5.41) is 76.5. The first-order chi connectivity index (χ1) is 33.7. The Morgan fingerprint density at radius 1 is 0.903 bits per heavy atom. The fourth-order valence-corrected chi connectivity index (χ4v) is 9.16. The van der Waals surface area contributed by atoms with Crippen LogP contribution in [0.2, 0.25) is 10.0 Å². The fraction of sp³-hybridized carbons (Fsp3) is 0.635. The molecule has 1 aromatic rings. The molecule has 4 rings (SSSR count). The molecule has 2 fully saturated rings. The third-order valence-electron chi connectivity index (χ3n) is 13.0. The lowest BCUT2D eigenvalue weighted by Crippen LogP contribution is -2.64. The van der Waals surface area contributed by atoms with Gasteiger partial charge in [-0.2, -0.15) is 0 Å². The summed E-state index contributed by atoms with van der Waals surface area (Å²) in [7, 11) is 1.26. The maximum Gasteiger partial charge on any atom is 0.342 e. The Morgan fingerprint density at radius 2 is 1.57 bits per heavy atom. The summed E-state index contributed by atoms with van der Waals surface area (Å²) in [5.74, 6) is -4.78. The maximum atomic E-state index is 13.9. The molecule has 0 aromatic heterocycles. The van der Waals surface area contributed by atoms with Gasteiger partial charge in [-0.25, -0.2) is 9.59 Å². The minimum absolute atomic E-state index is 0.0372. The number of methoxy groups -OCH3 is 1. The van der Waals surface area contributed by atoms with E-state index in [-0.39, 0.29) is 35.4 Å². The topological polar surface area (TPSA) is 267 Å². The van der Waals surface area contributed by atoms with Crippen LogP contribution in [0.1, 0.15) is 111 Å². The first kappa shape index (κ1) is 60.7. The number of aromatic hydroxyl groups is 2. The van der Waals surface area contributed by atoms with E-state index in [0.717, 1.165) is 0 Å². The van der Waals surface area contributed by atoms with Crippen molar-refractivity contribution >= 4 is 41.1 Å². The van der Waals surface area contributed by atoms with E-state index in [1.165, 1.54) is 33.1 Å². The Labute approximate surface area is 431 Å². The zero-order chi connectivity index (χ0) is 54.1. The number of cyclic esters (lactones) is 1. The molecule has 404 valence electrons. The van der Waals surface area contributed by atoms with E-state index in [0.29, 0.717) is 23.1 Å². The minimum Gasteiger partial charge on any atom is -0.505 e. The number of esters is 3. The lowest BCUT2D eigenvalue weighted by molar-refractivity contribution is -0.333. The monoisotopic (exact) mass is 1060 g/mol. The van der Waals surface area contributed by atoms with E-state index < -0.39 is 144 Å². The van der Waals surface area contributed by atoms with Crippen molar-refractivity contribution in [1.29, 1.82) is 0 Å². The molecule has 18 nitrogen and oxygen atoms in total. The Morgan fingerprint density at radius 3 is 2.17 bits per heavy atom. The number of ether oxygens (including phenoxy) is 8. The van der Waals surface area contributed by atoms with Crippen LogP contribution >= 0.6 is 23.2 Å². The highest BCUT2D eigenvalue weighted by molar-refractivity contribution is 6.39. The summed E-state index contributed by atoms with van der Waals surface area (Å²) in [6.45, 7) is 18.1. The van der Waals surface area contributed by atoms with E-state index in [1.54, 1.807) is 53.7 Å². The minimum atomic E-state index is -1.61. The number of hydrogen-bond donors (Lipinski definition) is 7. The largest absolute Gasteiger partial charge is 0.505 e. The predicted molar refractivity (Wildman–Crippen MR) is 265 cm³/mol. The fourth-order valence-electron chi connectivity index (χ4n) is 8.60. The smallest absolute Gasteiger partial charge is 0.342 e. The number of hydrogen-bond acceptors (Lipinski definition) is 18. The summed E-state index contributed by atoms with van der Waals surface area (Å²) in [4.78, 5) is 40.0. The second-order valence-electron chi connectivity index (χ2n) is 19.4. The van der Waals surface area contributed by atoms with Gasteiger partial charge in [-0.15, -0.1) is 0 Å². The number of carbonyl (C=O) groups excluding carboxylic acids is 3. The summed E-state index contributed by atoms with van der Waals surface area (Å²) in [6.07, 6.45) is -5.45. The van der Waals surface area contributed by atoms with Crippen LogP contribution in [0.15, 0.2) is 58.7 Å². The molecule has 2 saturated heterocycles. The average molecular weight is 1060 g/mol. The molecule has 20 heteroatoms. The van der Waals surface area contributed by atoms with Crippen molar-refractivity contribution < 1.29 is 88.0 Å². The number of allylic oxidation sites excluding steroid dienone is 4. The van der Waals surface area contributed by atoms with Crippen LogP contribution in [0.5, 0.6) is 11.5 Å². The van der Waals surface area contributed by atoms with Crippen LogP contribution in [-0.4, -0.2) is 153 Å². The van der Waals surface area contributed by atoms with Crippen LogP contribution in [0, 0.1) is 11.8 Å². The molecule has 3 aliphatic rings. The maximum absolute atomic E-state index is 13.9. The molecule has 0 radical (unpaired) electrons. The quantitative estimate of drug-likeness (QED) is 0.0655. The van der Waals surface area contributed by atoms with Crippen LogP contribution in [0.25, 0.3) is 0 Å². The highest BCUT2D eigenvalue weighted by atomic mass is 35.5. The number of rotatable bonds is 13. The lowest BCUT2D eigenvalue weighted by Gasteiger charge is -2.47. The molecule has 1 unspecified atom stereocenters. The number of phenolic OH excluding ortho intramolecular Hbond substituents is 2. The zero-order valence-electron chi connectivity index (χ0n) is 43.0. The van der Waals surface area contributed by atoms with E-state index in [4.69, 9.17) is 61.1 Å². The number of aliphatic hydroxyl groups excluding tert-OH is 5. The Hall–Kier alpha value is -3.89. The highest BCUT2D eigenvalue weighted by Crippen LogP contribution is 2.45. The number of phenols is 2. The van der Waals surface area contributed by atoms with Crippen molar-refractivity contribution in [3.8, 4) is 11.5 Å². The zero-order valence-corrected chi connectivity index (χ0v) is 44.5. The molecule has 3 aliphatic heterocycles. The van der Waals surface area contributed by atoms with Crippen LogP contribution in [0.3, 0.4) is 0 Å². The first-order valence-corrected chi connectivity index (χ1v) is 24.9. The predicted octanol–water partition coefficient (Wildman–Crippen LogP) is 6.23. The van der Waals surface area contributed by atoms with Gasteiger partial charge in [0.2, 0.25) is 0 Å². The van der Waals surface area contributed by atoms with Crippen molar-refractivity contribution in [3.05, 3.63) is 79.9 Å². The van der Waals surface area contributed by atoms with E-state index >= 15 is 0 Å². The number of aliphatic hydroxyl groups is 5. The molecule has 0 amide bonds. The standard InChI is InChI=1S/C52H74Cl2O18/c1-13-30-22-26(6)33(56)18-16-15-17-31(23-66-51-45(65-12)42(61)44(29(9)67-51)69-49(64)35-32(14-2)36(53)39(58)37(54)38(35)57)48(63)68-34(28(8)55)20-19-25(5)21-27(7)43(30)70-50-41(60)40(59)46(52(10,11)72-50)71-47(62)24(3)4/h15-17,19,21-22,24,28-30,33-34,40-46,50-51,55-61H,13-14,18,20,23H2,1-12H3/b16-15+,25-19+,26-22+,27-21+,31-17+/t28-,29+,30-,33-,34-,40+,41-,42-,43-,44+,45-,46-,50+,51?/m0/s1. The summed E-state index contributed by atoms with van der Waals surface area (Å²) in [5.41, 5.74) is 0.318. The second kappa shape index (κ2) is 26.5. The molecule has 0 aliphatic carbocycles. The molecule has 0 saturated carbocycles. The first-order valence-electron chi connectivity index (χ1n) is 24.2. The average Bonchev–Trinajstić information content (AvgIpc) is 3.32. The molecule has 7 N–H and O–H groups in total. The Bertz CT molecular complexity index is 2220. The van der Waals surface area contributed by atoms with Gasteiger partial charge in [0.25, 0.3) is 0 Å². The van der Waals surface area contributed by atoms with E-state index in [2.05, 4.69) is 0 Å². The Kier molecular flexibility index (Phi) is 22.4. The van der Waals surface area contributed by atoms with Gasteiger partial charge < -0.3 is 73.6 Å². The van der Waals surface area contributed by atoms with Crippen LogP contribution in [-0.2, 0) is 53.9 Å². The van der Waals surface area contributed by atoms with Gasteiger partial charge in [-0.3, -0.25) is 4.79 Å². The molecular formula is C52H74Cl2O18. The van der Waals surface area contributed by atoms with Crippen molar-refractivity contribution in [3.63, 3.8) is 0 Å². The van der Waals surface area contributed by atoms with Gasteiger partial charge in [-0.05, 0) is 90.5 Å². The highest BCUT2D eigenvalue weighted by Gasteiger charge is 2.53. The summed E-state index contributed by atoms with van der Waals surface area (Å²) in [6, 6.07) is 0. The van der Waals surface area contributed by atoms with E-state index in [1.807, 2.05) is 32.9 Å². The van der Waals surface area contributed by atoms with Gasteiger partial charge in [0, 0.05) is 19.4 Å². The molecule has 0 bridgehead atoms. The molecule has 14 atom stereocenters. The number of halogens is 2. The van der Waals surface area contributed by atoms with Gasteiger partial charge in [0.15, 0.2) is 36.3 Å². The SMILES string of the molecule is CCc1c(Cl)c(O)c(Cl)c(O)c1C(=O)O[C@H]1[C@H](O)[C@H](OC)C(OC/C2=C\C=C\C[C@H](O)/C(C)=C/[C@H](CC)[C@@H](O[C@@H]3OC(C)(C)[C@@H](OC(=O)C(C)C)[C@H](O)[C@@H]3O)/C(C)=C/C(C)=C/C[C@@H]([C@H](C)O)OC2=O)O[C@@H]1C. The normalized spacial score (nSPS) is 34.8. The van der Waals surface area contributed by atoms with Gasteiger partial charge in [-0.1, -0.05) is 86.9 Å². The van der Waals surface area contributed by atoms with Gasteiger partial charge >= 0.3 is 17.9 Å². The van der Waals surface area contributed by atoms with Crippen molar-refractivity contribution in [2.45, 2.75) is 187 Å². The lowest BCUT2D eigenvalue weighted by atomic mass is 9.88. The Balaban J connectivity index is 1.61. The molecule has 72 heavy (non-hydrogen) atoms. The summed E-state index contributed by atoms with van der Waals surface area (Å²) < 4.78 is 47.5. The van der Waals surface area contributed by atoms with E-state index in [9.17, 15) is 50.1 Å². The van der Waals surface area contributed by atoms with Crippen LogP contribution in [0.4, 0.5) is 0 Å². The molecule has 0 spiro atoms. The van der Waals surface area contributed by atoms with Crippen molar-refractivity contribution in [1.82, 2.24) is 0 Å². The second-order valence-corrected chi connectivity index (χ2v) is 20.1. The summed E-state index contributed by atoms with van der Waals surface area (Å²) >= 11 is 12.3. The van der Waals surface area contributed by atoms with Gasteiger partial charge in [0.1, 0.15) is 46.7 Å². The molecular weight excluding hydrogens is 983 g/mol. The third kappa shape index (κ3) is 14.7. The van der Waals surface area contributed by atoms with Crippen molar-refractivity contribution in [2.75, 3.05) is 13.7 Å². The van der Waals surface area contributed by atoms with Crippen molar-refractivity contribution in [2.24, 2.45) is 11.8 Å². The number of carbonyl (C=O) groups is 3. The molecule has 3 heterocycles.